The summed E-state index contributed by atoms with van der Waals surface area (Å²) in [5.74, 6) is 0. The first-order valence-corrected chi connectivity index (χ1v) is 5.37. The van der Waals surface area contributed by atoms with Crippen molar-refractivity contribution in [1.29, 1.82) is 0 Å². The van der Waals surface area contributed by atoms with E-state index in [1.807, 2.05) is 6.07 Å². The summed E-state index contributed by atoms with van der Waals surface area (Å²) in [7, 11) is 0. The van der Waals surface area contributed by atoms with Crippen LogP contribution in [-0.4, -0.2) is 6.54 Å². The summed E-state index contributed by atoms with van der Waals surface area (Å²) in [5, 5.41) is 3.54. The maximum Gasteiger partial charge on any atom is 0.0343 e. The monoisotopic (exact) mass is 190 g/mol. The number of hydrogen-bond acceptors (Lipinski definition) is 2. The van der Waals surface area contributed by atoms with Crippen LogP contribution in [0.4, 0.5) is 5.69 Å². The van der Waals surface area contributed by atoms with Crippen molar-refractivity contribution in [2.24, 2.45) is 0 Å². The van der Waals surface area contributed by atoms with Gasteiger partial charge in [0.25, 0.3) is 0 Å². The van der Waals surface area contributed by atoms with E-state index in [-0.39, 0.29) is 0 Å². The molecule has 0 bridgehead atoms. The van der Waals surface area contributed by atoms with Gasteiger partial charge in [-0.25, -0.2) is 0 Å². The summed E-state index contributed by atoms with van der Waals surface area (Å²) < 4.78 is 0. The lowest BCUT2D eigenvalue weighted by Crippen LogP contribution is -2.26. The molecule has 2 heteroatoms. The highest BCUT2D eigenvalue weighted by molar-refractivity contribution is 5.48. The van der Waals surface area contributed by atoms with Gasteiger partial charge in [0.1, 0.15) is 0 Å². The van der Waals surface area contributed by atoms with Crippen LogP contribution in [0.15, 0.2) is 18.2 Å². The van der Waals surface area contributed by atoms with Crippen LogP contribution in [0.3, 0.4) is 0 Å². The van der Waals surface area contributed by atoms with E-state index in [1.54, 1.807) is 0 Å². The van der Waals surface area contributed by atoms with Crippen LogP contribution < -0.4 is 11.1 Å². The largest absolute Gasteiger partial charge is 0.399 e. The smallest absolute Gasteiger partial charge is 0.0343 e. The first-order chi connectivity index (χ1) is 6.77. The number of aryl methyl sites for hydroxylation is 1. The van der Waals surface area contributed by atoms with E-state index >= 15 is 0 Å². The third-order valence-electron chi connectivity index (χ3n) is 3.01. The van der Waals surface area contributed by atoms with Crippen molar-refractivity contribution in [3.63, 3.8) is 0 Å². The summed E-state index contributed by atoms with van der Waals surface area (Å²) in [6.07, 6.45) is 3.90. The molecule has 0 spiro atoms. The van der Waals surface area contributed by atoms with E-state index in [9.17, 15) is 0 Å². The Morgan fingerprint density at radius 2 is 2.21 bits per heavy atom. The van der Waals surface area contributed by atoms with Crippen LogP contribution in [0.2, 0.25) is 0 Å². The molecule has 2 nitrogen and oxygen atoms in total. The summed E-state index contributed by atoms with van der Waals surface area (Å²) in [6.45, 7) is 3.22. The van der Waals surface area contributed by atoms with Gasteiger partial charge in [-0.2, -0.15) is 0 Å². The molecule has 2 rings (SSSR count). The predicted octanol–water partition coefficient (Wildman–Crippen LogP) is 2.39. The van der Waals surface area contributed by atoms with Crippen LogP contribution >= 0.6 is 0 Å². The van der Waals surface area contributed by atoms with Gasteiger partial charge in [0.2, 0.25) is 0 Å². The van der Waals surface area contributed by atoms with Crippen LogP contribution in [-0.2, 0) is 0 Å². The number of rotatable bonds is 1. The maximum atomic E-state index is 5.80. The Morgan fingerprint density at radius 3 is 2.86 bits per heavy atom. The van der Waals surface area contributed by atoms with E-state index in [0.29, 0.717) is 6.04 Å². The fourth-order valence-electron chi connectivity index (χ4n) is 2.05. The Balaban J connectivity index is 2.18. The zero-order valence-electron chi connectivity index (χ0n) is 8.72. The standard InChI is InChI=1S/C12H18N2/c1-9-8-10(5-6-11(9)13)12-4-2-3-7-14-12/h5-6,8,12,14H,2-4,7,13H2,1H3. The van der Waals surface area contributed by atoms with Gasteiger partial charge in [-0.3, -0.25) is 0 Å². The lowest BCUT2D eigenvalue weighted by molar-refractivity contribution is 0.412. The molecule has 0 radical (unpaired) electrons. The first-order valence-electron chi connectivity index (χ1n) is 5.37. The molecule has 1 aliphatic rings. The highest BCUT2D eigenvalue weighted by atomic mass is 14.9. The lowest BCUT2D eigenvalue weighted by Gasteiger charge is -2.24. The van der Waals surface area contributed by atoms with Gasteiger partial charge in [0.05, 0.1) is 0 Å². The maximum absolute atomic E-state index is 5.80. The fraction of sp³-hybridized carbons (Fsp3) is 0.500. The molecule has 1 aromatic rings. The molecule has 1 unspecified atom stereocenters. The third kappa shape index (κ3) is 1.90. The van der Waals surface area contributed by atoms with Gasteiger partial charge in [-0.05, 0) is 43.5 Å². The van der Waals surface area contributed by atoms with E-state index in [2.05, 4.69) is 24.4 Å². The van der Waals surface area contributed by atoms with E-state index in [1.165, 1.54) is 30.4 Å². The quantitative estimate of drug-likeness (QED) is 0.667. The second kappa shape index (κ2) is 4.01. The average Bonchev–Trinajstić information content (AvgIpc) is 2.23. The third-order valence-corrected chi connectivity index (χ3v) is 3.01. The number of nitrogen functional groups attached to an aromatic ring is 1. The summed E-state index contributed by atoms with van der Waals surface area (Å²) in [6, 6.07) is 6.91. The topological polar surface area (TPSA) is 38.0 Å². The van der Waals surface area contributed by atoms with Gasteiger partial charge in [0.15, 0.2) is 0 Å². The van der Waals surface area contributed by atoms with E-state index in [0.717, 1.165) is 12.2 Å². The molecule has 3 N–H and O–H groups in total. The van der Waals surface area contributed by atoms with Crippen molar-refractivity contribution < 1.29 is 0 Å². The summed E-state index contributed by atoms with van der Waals surface area (Å²) in [4.78, 5) is 0. The van der Waals surface area contributed by atoms with E-state index < -0.39 is 0 Å². The van der Waals surface area contributed by atoms with Crippen molar-refractivity contribution in [2.45, 2.75) is 32.2 Å². The molecule has 14 heavy (non-hydrogen) atoms. The Labute approximate surface area is 85.5 Å². The number of anilines is 1. The predicted molar refractivity (Wildman–Crippen MR) is 60.2 cm³/mol. The van der Waals surface area contributed by atoms with Gasteiger partial charge in [-0.15, -0.1) is 0 Å². The average molecular weight is 190 g/mol. The normalized spacial score (nSPS) is 22.2. The van der Waals surface area contributed by atoms with Crippen molar-refractivity contribution in [3.05, 3.63) is 29.3 Å². The van der Waals surface area contributed by atoms with Crippen molar-refractivity contribution in [2.75, 3.05) is 12.3 Å². The molecule has 0 aliphatic carbocycles. The second-order valence-corrected chi connectivity index (χ2v) is 4.12. The highest BCUT2D eigenvalue weighted by Crippen LogP contribution is 2.25. The van der Waals surface area contributed by atoms with Gasteiger partial charge >= 0.3 is 0 Å². The second-order valence-electron chi connectivity index (χ2n) is 4.12. The zero-order valence-corrected chi connectivity index (χ0v) is 8.72. The highest BCUT2D eigenvalue weighted by Gasteiger charge is 2.14. The van der Waals surface area contributed by atoms with Crippen LogP contribution in [0.5, 0.6) is 0 Å². The molecule has 0 saturated carbocycles. The van der Waals surface area contributed by atoms with Crippen molar-refractivity contribution in [1.82, 2.24) is 5.32 Å². The van der Waals surface area contributed by atoms with Crippen LogP contribution in [0.1, 0.15) is 36.4 Å². The number of piperidine rings is 1. The molecular formula is C12H18N2. The Morgan fingerprint density at radius 1 is 1.36 bits per heavy atom. The SMILES string of the molecule is Cc1cc(C2CCCCN2)ccc1N. The van der Waals surface area contributed by atoms with Crippen LogP contribution in [0.25, 0.3) is 0 Å². The summed E-state index contributed by atoms with van der Waals surface area (Å²) in [5.41, 5.74) is 9.27. The van der Waals surface area contributed by atoms with Gasteiger partial charge in [0, 0.05) is 11.7 Å². The minimum Gasteiger partial charge on any atom is -0.399 e. The Bertz CT molecular complexity index is 314. The Kier molecular flexibility index (Phi) is 2.73. The van der Waals surface area contributed by atoms with Crippen molar-refractivity contribution >= 4 is 5.69 Å². The molecule has 76 valence electrons. The number of hydrogen-bond donors (Lipinski definition) is 2. The molecule has 1 aliphatic heterocycles. The fourth-order valence-corrected chi connectivity index (χ4v) is 2.05. The minimum atomic E-state index is 0.544. The molecule has 1 fully saturated rings. The summed E-state index contributed by atoms with van der Waals surface area (Å²) >= 11 is 0. The first kappa shape index (κ1) is 9.53. The number of nitrogens with two attached hydrogens (primary N) is 1. The zero-order chi connectivity index (χ0) is 9.97. The lowest BCUT2D eigenvalue weighted by atomic mass is 9.96. The molecule has 1 atom stereocenters. The number of benzene rings is 1. The molecule has 0 aromatic heterocycles. The molecule has 1 aromatic carbocycles. The Hall–Kier alpha value is -1.02. The van der Waals surface area contributed by atoms with Gasteiger partial charge in [-0.1, -0.05) is 18.6 Å². The molecule has 1 heterocycles. The number of nitrogens with one attached hydrogen (secondary N) is 1. The van der Waals surface area contributed by atoms with Crippen LogP contribution in [0, 0.1) is 6.92 Å². The van der Waals surface area contributed by atoms with Crippen molar-refractivity contribution in [3.8, 4) is 0 Å². The molecular weight excluding hydrogens is 172 g/mol. The van der Waals surface area contributed by atoms with E-state index in [4.69, 9.17) is 5.73 Å². The molecule has 0 amide bonds. The minimum absolute atomic E-state index is 0.544. The molecule has 1 saturated heterocycles. The van der Waals surface area contributed by atoms with Gasteiger partial charge < -0.3 is 11.1 Å².